The summed E-state index contributed by atoms with van der Waals surface area (Å²) in [5.74, 6) is 0.229. The van der Waals surface area contributed by atoms with E-state index < -0.39 is 11.7 Å². The van der Waals surface area contributed by atoms with Crippen molar-refractivity contribution >= 4 is 5.82 Å². The van der Waals surface area contributed by atoms with E-state index in [2.05, 4.69) is 4.98 Å². The van der Waals surface area contributed by atoms with Gasteiger partial charge in [0, 0.05) is 19.3 Å². The van der Waals surface area contributed by atoms with Crippen LogP contribution in [0.4, 0.5) is 23.4 Å². The van der Waals surface area contributed by atoms with Gasteiger partial charge in [0.15, 0.2) is 0 Å². The van der Waals surface area contributed by atoms with Crippen molar-refractivity contribution in [2.24, 2.45) is 0 Å². The van der Waals surface area contributed by atoms with Crippen LogP contribution in [0.2, 0.25) is 0 Å². The molecule has 0 saturated carbocycles. The molecule has 6 heteroatoms. The Morgan fingerprint density at radius 3 is 2.52 bits per heavy atom. The first kappa shape index (κ1) is 13.9. The highest BCUT2D eigenvalue weighted by molar-refractivity contribution is 5.45. The summed E-state index contributed by atoms with van der Waals surface area (Å²) >= 11 is 0. The summed E-state index contributed by atoms with van der Waals surface area (Å²) in [5.41, 5.74) is 1.16. The predicted octanol–water partition coefficient (Wildman–Crippen LogP) is 3.80. The normalized spacial score (nSPS) is 15.0. The molecule has 0 N–H and O–H groups in total. The van der Waals surface area contributed by atoms with E-state index in [4.69, 9.17) is 0 Å². The Labute approximate surface area is 119 Å². The van der Waals surface area contributed by atoms with Gasteiger partial charge >= 0.3 is 6.18 Å². The van der Waals surface area contributed by atoms with Crippen LogP contribution in [0.25, 0.3) is 0 Å². The minimum Gasteiger partial charge on any atom is -0.352 e. The molecule has 1 aromatic carbocycles. The van der Waals surface area contributed by atoms with Gasteiger partial charge in [0.2, 0.25) is 0 Å². The second kappa shape index (κ2) is 5.02. The van der Waals surface area contributed by atoms with Crippen molar-refractivity contribution < 1.29 is 17.6 Å². The summed E-state index contributed by atoms with van der Waals surface area (Å²) in [6.45, 7) is 1.13. The summed E-state index contributed by atoms with van der Waals surface area (Å²) in [6, 6.07) is 7.01. The summed E-state index contributed by atoms with van der Waals surface area (Å²) in [5, 5.41) is 0. The van der Waals surface area contributed by atoms with Gasteiger partial charge in [-0.15, -0.1) is 0 Å². The lowest BCUT2D eigenvalue weighted by atomic mass is 9.99. The van der Waals surface area contributed by atoms with E-state index in [0.717, 1.165) is 23.4 Å². The highest BCUT2D eigenvalue weighted by Gasteiger charge is 2.31. The molecule has 2 aromatic rings. The van der Waals surface area contributed by atoms with Crippen molar-refractivity contribution in [3.8, 4) is 0 Å². The molecule has 1 aromatic heterocycles. The summed E-state index contributed by atoms with van der Waals surface area (Å²) in [4.78, 5) is 5.78. The lowest BCUT2D eigenvalue weighted by molar-refractivity contribution is -0.137. The van der Waals surface area contributed by atoms with Crippen LogP contribution in [0, 0.1) is 5.82 Å². The van der Waals surface area contributed by atoms with Crippen LogP contribution >= 0.6 is 0 Å². The Morgan fingerprint density at radius 1 is 1.05 bits per heavy atom. The Kier molecular flexibility index (Phi) is 3.31. The van der Waals surface area contributed by atoms with E-state index >= 15 is 0 Å². The maximum Gasteiger partial charge on any atom is 0.417 e. The van der Waals surface area contributed by atoms with Gasteiger partial charge in [-0.3, -0.25) is 0 Å². The molecule has 0 spiro atoms. The molecule has 0 fully saturated rings. The van der Waals surface area contributed by atoms with Gasteiger partial charge in [-0.05, 0) is 41.8 Å². The minimum atomic E-state index is -4.38. The van der Waals surface area contributed by atoms with E-state index in [-0.39, 0.29) is 5.82 Å². The van der Waals surface area contributed by atoms with Crippen LogP contribution < -0.4 is 4.90 Å². The van der Waals surface area contributed by atoms with E-state index in [1.165, 1.54) is 18.2 Å². The van der Waals surface area contributed by atoms with E-state index in [9.17, 15) is 17.6 Å². The fraction of sp³-hybridized carbons (Fsp3) is 0.267. The highest BCUT2D eigenvalue weighted by atomic mass is 19.4. The first-order chi connectivity index (χ1) is 9.93. The molecule has 2 nitrogen and oxygen atoms in total. The number of anilines is 1. The zero-order chi connectivity index (χ0) is 15.0. The highest BCUT2D eigenvalue weighted by Crippen LogP contribution is 2.30. The largest absolute Gasteiger partial charge is 0.417 e. The molecule has 3 rings (SSSR count). The fourth-order valence-electron chi connectivity index (χ4n) is 2.46. The van der Waals surface area contributed by atoms with Crippen LogP contribution in [0.1, 0.15) is 16.7 Å². The smallest absolute Gasteiger partial charge is 0.352 e. The van der Waals surface area contributed by atoms with Crippen molar-refractivity contribution in [3.63, 3.8) is 0 Å². The van der Waals surface area contributed by atoms with Gasteiger partial charge in [-0.1, -0.05) is 6.07 Å². The van der Waals surface area contributed by atoms with Gasteiger partial charge < -0.3 is 4.90 Å². The predicted molar refractivity (Wildman–Crippen MR) is 70.4 cm³/mol. The van der Waals surface area contributed by atoms with Gasteiger partial charge in [0.25, 0.3) is 0 Å². The topological polar surface area (TPSA) is 16.1 Å². The molecule has 0 radical (unpaired) electrons. The third-order valence-electron chi connectivity index (χ3n) is 3.58. The number of fused-ring (bicyclic) bond motifs is 1. The number of halogens is 4. The third-order valence-corrected chi connectivity index (χ3v) is 3.58. The van der Waals surface area contributed by atoms with E-state index in [0.29, 0.717) is 25.3 Å². The first-order valence-electron chi connectivity index (χ1n) is 6.49. The number of hydrogen-bond donors (Lipinski definition) is 0. The maximum atomic E-state index is 13.1. The lowest BCUT2D eigenvalue weighted by Gasteiger charge is -2.29. The molecule has 110 valence electrons. The molecule has 1 aliphatic rings. The average molecular weight is 296 g/mol. The van der Waals surface area contributed by atoms with E-state index in [1.807, 2.05) is 4.90 Å². The van der Waals surface area contributed by atoms with Crippen LogP contribution in [0.3, 0.4) is 0 Å². The zero-order valence-electron chi connectivity index (χ0n) is 11.0. The van der Waals surface area contributed by atoms with Crippen molar-refractivity contribution in [1.82, 2.24) is 4.98 Å². The summed E-state index contributed by atoms with van der Waals surface area (Å²) < 4.78 is 50.7. The Bertz CT molecular complexity index is 650. The number of hydrogen-bond acceptors (Lipinski definition) is 2. The van der Waals surface area contributed by atoms with Crippen molar-refractivity contribution in [1.29, 1.82) is 0 Å². The van der Waals surface area contributed by atoms with Gasteiger partial charge in [-0.25, -0.2) is 9.37 Å². The number of rotatable bonds is 1. The molecule has 2 heterocycles. The zero-order valence-corrected chi connectivity index (χ0v) is 11.0. The van der Waals surface area contributed by atoms with E-state index in [1.54, 1.807) is 6.07 Å². The first-order valence-corrected chi connectivity index (χ1v) is 6.49. The SMILES string of the molecule is Fc1ccc2c(c1)CCN(c1ccc(C(F)(F)F)cn1)C2. The fourth-order valence-corrected chi connectivity index (χ4v) is 2.46. The lowest BCUT2D eigenvalue weighted by Crippen LogP contribution is -2.31. The number of nitrogens with zero attached hydrogens (tertiary/aromatic N) is 2. The maximum absolute atomic E-state index is 13.1. The monoisotopic (exact) mass is 296 g/mol. The summed E-state index contributed by atoms with van der Waals surface area (Å²) in [7, 11) is 0. The van der Waals surface area contributed by atoms with Crippen LogP contribution in [-0.2, 0) is 19.1 Å². The molecule has 0 saturated heterocycles. The molecule has 0 aliphatic carbocycles. The van der Waals surface area contributed by atoms with Gasteiger partial charge in [0.1, 0.15) is 11.6 Å². The molecular weight excluding hydrogens is 284 g/mol. The van der Waals surface area contributed by atoms with Crippen LogP contribution in [0.15, 0.2) is 36.5 Å². The van der Waals surface area contributed by atoms with Crippen LogP contribution in [0.5, 0.6) is 0 Å². The Hall–Kier alpha value is -2.11. The van der Waals surface area contributed by atoms with Crippen molar-refractivity contribution in [2.75, 3.05) is 11.4 Å². The molecule has 0 unspecified atom stereocenters. The molecule has 1 aliphatic heterocycles. The van der Waals surface area contributed by atoms with Crippen molar-refractivity contribution in [3.05, 3.63) is 59.0 Å². The molecule has 0 atom stereocenters. The summed E-state index contributed by atoms with van der Waals surface area (Å²) in [6.07, 6.45) is -2.89. The van der Waals surface area contributed by atoms with Crippen LogP contribution in [-0.4, -0.2) is 11.5 Å². The quantitative estimate of drug-likeness (QED) is 0.744. The van der Waals surface area contributed by atoms with Crippen molar-refractivity contribution in [2.45, 2.75) is 19.1 Å². The molecule has 0 amide bonds. The van der Waals surface area contributed by atoms with Gasteiger partial charge in [-0.2, -0.15) is 13.2 Å². The Morgan fingerprint density at radius 2 is 1.86 bits per heavy atom. The Balaban J connectivity index is 1.81. The minimum absolute atomic E-state index is 0.269. The standard InChI is InChI=1S/C15H12F4N2/c16-13-3-1-11-9-21(6-5-10(11)7-13)14-4-2-12(8-20-14)15(17,18)19/h1-4,7-8H,5-6,9H2. The molecule has 21 heavy (non-hydrogen) atoms. The molecular formula is C15H12F4N2. The number of benzene rings is 1. The second-order valence-electron chi connectivity index (χ2n) is 4.99. The average Bonchev–Trinajstić information content (AvgIpc) is 2.46. The number of alkyl halides is 3. The second-order valence-corrected chi connectivity index (χ2v) is 4.99. The molecule has 0 bridgehead atoms. The number of aromatic nitrogens is 1. The number of pyridine rings is 1. The van der Waals surface area contributed by atoms with Gasteiger partial charge in [0.05, 0.1) is 5.56 Å². The third kappa shape index (κ3) is 2.84.